The van der Waals surface area contributed by atoms with E-state index in [1.54, 1.807) is 0 Å². The van der Waals surface area contributed by atoms with E-state index in [-0.39, 0.29) is 43.8 Å². The SMILES string of the molecule is [CH2-]C(C)(P)C(C)C#N.[Y]. The van der Waals surface area contributed by atoms with Crippen LogP contribution in [0.25, 0.3) is 0 Å². The molecule has 3 unspecified atom stereocenters. The van der Waals surface area contributed by atoms with E-state index in [1.165, 1.54) is 0 Å². The monoisotopic (exact) mass is 217 g/mol. The molecule has 0 heterocycles. The third-order valence-corrected chi connectivity index (χ3v) is 1.68. The Balaban J connectivity index is 0. The first kappa shape index (κ1) is 12.7. The minimum absolute atomic E-state index is 0. The first-order valence-corrected chi connectivity index (χ1v) is 3.10. The summed E-state index contributed by atoms with van der Waals surface area (Å²) in [6.45, 7) is 7.56. The van der Waals surface area contributed by atoms with Crippen LogP contribution in [-0.2, 0) is 32.7 Å². The molecule has 0 spiro atoms. The zero-order chi connectivity index (χ0) is 6.78. The van der Waals surface area contributed by atoms with E-state index in [2.05, 4.69) is 22.2 Å². The van der Waals surface area contributed by atoms with Gasteiger partial charge < -0.3 is 6.92 Å². The maximum Gasteiger partial charge on any atom is 0.0634 e. The van der Waals surface area contributed by atoms with Crippen molar-refractivity contribution in [1.29, 1.82) is 5.26 Å². The van der Waals surface area contributed by atoms with E-state index >= 15 is 0 Å². The average Bonchev–Trinajstić information content (AvgIpc) is 1.62. The van der Waals surface area contributed by atoms with Crippen molar-refractivity contribution in [2.45, 2.75) is 19.0 Å². The van der Waals surface area contributed by atoms with Crippen LogP contribution in [0.5, 0.6) is 0 Å². The molecular formula is C6H11NPY-. The van der Waals surface area contributed by atoms with Gasteiger partial charge in [0.1, 0.15) is 0 Å². The van der Waals surface area contributed by atoms with Crippen molar-refractivity contribution in [3.05, 3.63) is 6.92 Å². The fraction of sp³-hybridized carbons (Fsp3) is 0.667. The van der Waals surface area contributed by atoms with Gasteiger partial charge in [-0.05, 0) is 0 Å². The minimum atomic E-state index is -0.186. The summed E-state index contributed by atoms with van der Waals surface area (Å²) in [6.07, 6.45) is 0. The van der Waals surface area contributed by atoms with Gasteiger partial charge in [-0.25, -0.2) is 0 Å². The van der Waals surface area contributed by atoms with Gasteiger partial charge in [0.15, 0.2) is 0 Å². The zero-order valence-corrected chi connectivity index (χ0v) is 9.88. The molecule has 0 aliphatic heterocycles. The van der Waals surface area contributed by atoms with Crippen LogP contribution in [0.4, 0.5) is 0 Å². The van der Waals surface area contributed by atoms with Crippen LogP contribution < -0.4 is 0 Å². The summed E-state index contributed by atoms with van der Waals surface area (Å²) in [4.78, 5) is 0. The molecule has 1 nitrogen and oxygen atoms in total. The minimum Gasteiger partial charge on any atom is -0.332 e. The van der Waals surface area contributed by atoms with Gasteiger partial charge in [-0.15, -0.1) is 5.16 Å². The maximum atomic E-state index is 8.37. The molecule has 1 radical (unpaired) electrons. The van der Waals surface area contributed by atoms with E-state index in [9.17, 15) is 0 Å². The summed E-state index contributed by atoms with van der Waals surface area (Å²) in [5, 5.41) is 8.18. The number of nitrogens with zero attached hydrogens (tertiary/aromatic N) is 1. The van der Waals surface area contributed by atoms with Gasteiger partial charge in [0.25, 0.3) is 0 Å². The summed E-state index contributed by atoms with van der Waals surface area (Å²) in [5.74, 6) is 0.00694. The Hall–Kier alpha value is 1.02. The molecule has 0 aliphatic rings. The van der Waals surface area contributed by atoms with Crippen molar-refractivity contribution in [3.63, 3.8) is 0 Å². The Kier molecular flexibility index (Phi) is 6.73. The largest absolute Gasteiger partial charge is 0.332 e. The van der Waals surface area contributed by atoms with E-state index in [0.717, 1.165) is 0 Å². The van der Waals surface area contributed by atoms with Crippen LogP contribution in [0, 0.1) is 24.2 Å². The van der Waals surface area contributed by atoms with Gasteiger partial charge in [-0.3, -0.25) is 0 Å². The van der Waals surface area contributed by atoms with E-state index in [0.29, 0.717) is 0 Å². The van der Waals surface area contributed by atoms with Crippen LogP contribution in [0.15, 0.2) is 0 Å². The molecular weight excluding hydrogens is 206 g/mol. The van der Waals surface area contributed by atoms with Crippen LogP contribution >= 0.6 is 9.24 Å². The smallest absolute Gasteiger partial charge is 0.0634 e. The van der Waals surface area contributed by atoms with Crippen molar-refractivity contribution in [3.8, 4) is 6.07 Å². The average molecular weight is 217 g/mol. The number of nitriles is 1. The third-order valence-electron chi connectivity index (χ3n) is 1.18. The van der Waals surface area contributed by atoms with Crippen molar-refractivity contribution in [2.75, 3.05) is 0 Å². The van der Waals surface area contributed by atoms with Crippen molar-refractivity contribution >= 4 is 9.24 Å². The second-order valence-corrected chi connectivity index (χ2v) is 3.68. The molecule has 0 rings (SSSR count). The molecule has 0 saturated carbocycles. The Morgan fingerprint density at radius 2 is 2.11 bits per heavy atom. The standard InChI is InChI=1S/C6H11NP.Y/c1-5(4-7)6(2,3)8;/h5H,2,8H2,1,3H3;/q-1;. The summed E-state index contributed by atoms with van der Waals surface area (Å²) in [6, 6.07) is 2.12. The Bertz CT molecular complexity index is 111. The van der Waals surface area contributed by atoms with Gasteiger partial charge in [0, 0.05) is 38.6 Å². The number of hydrogen-bond donors (Lipinski definition) is 0. The predicted octanol–water partition coefficient (Wildman–Crippen LogP) is 1.61. The molecule has 3 heteroatoms. The molecule has 0 bridgehead atoms. The quantitative estimate of drug-likeness (QED) is 0.483. The Morgan fingerprint density at radius 1 is 1.78 bits per heavy atom. The fourth-order valence-corrected chi connectivity index (χ4v) is 0.222. The van der Waals surface area contributed by atoms with Crippen LogP contribution in [0.3, 0.4) is 0 Å². The van der Waals surface area contributed by atoms with Gasteiger partial charge >= 0.3 is 0 Å². The van der Waals surface area contributed by atoms with Gasteiger partial charge in [0.05, 0.1) is 6.07 Å². The Morgan fingerprint density at radius 3 is 2.11 bits per heavy atom. The molecule has 0 aromatic rings. The van der Waals surface area contributed by atoms with Crippen molar-refractivity contribution in [2.24, 2.45) is 5.92 Å². The predicted molar refractivity (Wildman–Crippen MR) is 38.2 cm³/mol. The molecule has 0 aromatic carbocycles. The molecule has 3 atom stereocenters. The molecule has 0 aromatic heterocycles. The summed E-state index contributed by atoms with van der Waals surface area (Å²) < 4.78 is 0. The van der Waals surface area contributed by atoms with E-state index in [1.807, 2.05) is 13.8 Å². The number of hydrogen-bond acceptors (Lipinski definition) is 1. The van der Waals surface area contributed by atoms with Gasteiger partial charge in [0.2, 0.25) is 0 Å². The fourth-order valence-electron chi connectivity index (χ4n) is 0.147. The normalized spacial score (nSPS) is 18.6. The molecule has 49 valence electrons. The van der Waals surface area contributed by atoms with Gasteiger partial charge in [-0.2, -0.15) is 14.5 Å². The van der Waals surface area contributed by atoms with Gasteiger partial charge in [-0.1, -0.05) is 13.8 Å². The molecule has 0 saturated heterocycles. The zero-order valence-electron chi connectivity index (χ0n) is 5.89. The van der Waals surface area contributed by atoms with Crippen LogP contribution in [0.2, 0.25) is 0 Å². The summed E-state index contributed by atoms with van der Waals surface area (Å²) in [5.41, 5.74) is 0. The number of rotatable bonds is 1. The summed E-state index contributed by atoms with van der Waals surface area (Å²) >= 11 is 0. The van der Waals surface area contributed by atoms with Crippen LogP contribution in [-0.4, -0.2) is 5.16 Å². The van der Waals surface area contributed by atoms with Crippen molar-refractivity contribution in [1.82, 2.24) is 0 Å². The molecule has 0 N–H and O–H groups in total. The molecule has 9 heavy (non-hydrogen) atoms. The second kappa shape index (κ2) is 4.78. The second-order valence-electron chi connectivity index (χ2n) is 2.36. The van der Waals surface area contributed by atoms with Crippen molar-refractivity contribution < 1.29 is 32.7 Å². The first-order valence-electron chi connectivity index (χ1n) is 2.52. The molecule has 0 aliphatic carbocycles. The molecule has 0 fully saturated rings. The van der Waals surface area contributed by atoms with E-state index in [4.69, 9.17) is 5.26 Å². The topological polar surface area (TPSA) is 23.8 Å². The van der Waals surface area contributed by atoms with E-state index < -0.39 is 0 Å². The Labute approximate surface area is 84.7 Å². The van der Waals surface area contributed by atoms with Crippen LogP contribution in [0.1, 0.15) is 13.8 Å². The maximum absolute atomic E-state index is 8.37. The summed E-state index contributed by atoms with van der Waals surface area (Å²) in [7, 11) is 2.54. The third kappa shape index (κ3) is 5.47. The molecule has 0 amide bonds. The first-order chi connectivity index (χ1) is 3.48.